The predicted octanol–water partition coefficient (Wildman–Crippen LogP) is 3.48. The van der Waals surface area contributed by atoms with Crippen LogP contribution < -0.4 is 5.73 Å². The van der Waals surface area contributed by atoms with Crippen molar-refractivity contribution in [3.05, 3.63) is 20.8 Å². The van der Waals surface area contributed by atoms with E-state index in [-0.39, 0.29) is 24.4 Å². The minimum atomic E-state index is 0.00352. The SMILES string of the molecule is CC1CC(OC(CN)c2cc(Br)cs2)CC(C)O1. The van der Waals surface area contributed by atoms with Crippen LogP contribution in [0.5, 0.6) is 0 Å². The van der Waals surface area contributed by atoms with E-state index in [9.17, 15) is 0 Å². The Morgan fingerprint density at radius 1 is 1.50 bits per heavy atom. The van der Waals surface area contributed by atoms with Gasteiger partial charge >= 0.3 is 0 Å². The van der Waals surface area contributed by atoms with Crippen LogP contribution in [0, 0.1) is 0 Å². The molecule has 102 valence electrons. The van der Waals surface area contributed by atoms with Gasteiger partial charge in [-0.2, -0.15) is 0 Å². The number of nitrogens with two attached hydrogens (primary N) is 1. The average molecular weight is 334 g/mol. The van der Waals surface area contributed by atoms with E-state index in [1.54, 1.807) is 11.3 Å². The van der Waals surface area contributed by atoms with Crippen LogP contribution in [0.2, 0.25) is 0 Å². The summed E-state index contributed by atoms with van der Waals surface area (Å²) in [5, 5.41) is 2.07. The van der Waals surface area contributed by atoms with Gasteiger partial charge in [0.1, 0.15) is 6.10 Å². The Bertz CT molecular complexity index is 375. The maximum atomic E-state index is 6.17. The molecule has 1 aromatic heterocycles. The van der Waals surface area contributed by atoms with Crippen molar-refractivity contribution in [2.24, 2.45) is 5.73 Å². The van der Waals surface area contributed by atoms with Crippen LogP contribution in [0.25, 0.3) is 0 Å². The van der Waals surface area contributed by atoms with E-state index in [0.717, 1.165) is 17.3 Å². The third-order valence-corrected chi connectivity index (χ3v) is 4.92. The number of rotatable bonds is 4. The molecule has 2 rings (SSSR count). The topological polar surface area (TPSA) is 44.5 Å². The van der Waals surface area contributed by atoms with Crippen LogP contribution in [0.4, 0.5) is 0 Å². The molecular formula is C13H20BrNO2S. The molecule has 1 fully saturated rings. The van der Waals surface area contributed by atoms with E-state index in [1.807, 2.05) is 0 Å². The molecule has 1 aliphatic heterocycles. The lowest BCUT2D eigenvalue weighted by Crippen LogP contribution is -2.35. The third kappa shape index (κ3) is 3.78. The minimum absolute atomic E-state index is 0.00352. The molecule has 2 heterocycles. The number of hydrogen-bond donors (Lipinski definition) is 1. The number of halogens is 1. The highest BCUT2D eigenvalue weighted by atomic mass is 79.9. The zero-order valence-corrected chi connectivity index (χ0v) is 13.2. The van der Waals surface area contributed by atoms with Crippen molar-refractivity contribution in [1.82, 2.24) is 0 Å². The van der Waals surface area contributed by atoms with Gasteiger partial charge in [-0.1, -0.05) is 0 Å². The Balaban J connectivity index is 1.97. The van der Waals surface area contributed by atoms with Gasteiger partial charge in [-0.05, 0) is 48.7 Å². The van der Waals surface area contributed by atoms with E-state index in [4.69, 9.17) is 15.2 Å². The molecule has 3 unspecified atom stereocenters. The summed E-state index contributed by atoms with van der Waals surface area (Å²) in [6.45, 7) is 4.73. The zero-order chi connectivity index (χ0) is 13.1. The molecule has 1 saturated heterocycles. The summed E-state index contributed by atoms with van der Waals surface area (Å²) < 4.78 is 13.0. The van der Waals surface area contributed by atoms with Gasteiger partial charge in [-0.3, -0.25) is 0 Å². The van der Waals surface area contributed by atoms with Gasteiger partial charge < -0.3 is 15.2 Å². The first-order valence-electron chi connectivity index (χ1n) is 6.33. The lowest BCUT2D eigenvalue weighted by molar-refractivity contribution is -0.120. The molecule has 18 heavy (non-hydrogen) atoms. The summed E-state index contributed by atoms with van der Waals surface area (Å²) in [5.74, 6) is 0. The van der Waals surface area contributed by atoms with Crippen molar-refractivity contribution in [3.63, 3.8) is 0 Å². The molecule has 2 N–H and O–H groups in total. The first kappa shape index (κ1) is 14.5. The monoisotopic (exact) mass is 333 g/mol. The third-order valence-electron chi connectivity index (χ3n) is 3.13. The van der Waals surface area contributed by atoms with Crippen LogP contribution in [0.15, 0.2) is 15.9 Å². The van der Waals surface area contributed by atoms with Gasteiger partial charge in [-0.15, -0.1) is 11.3 Å². The second-order valence-corrected chi connectivity index (χ2v) is 6.74. The van der Waals surface area contributed by atoms with E-state index in [0.29, 0.717) is 6.54 Å². The summed E-state index contributed by atoms with van der Waals surface area (Å²) >= 11 is 5.16. The molecule has 0 amide bonds. The summed E-state index contributed by atoms with van der Waals surface area (Å²) in [7, 11) is 0. The highest BCUT2D eigenvalue weighted by molar-refractivity contribution is 9.10. The lowest BCUT2D eigenvalue weighted by Gasteiger charge is -2.33. The molecule has 0 saturated carbocycles. The Labute approximate surface area is 121 Å². The van der Waals surface area contributed by atoms with Gasteiger partial charge in [0, 0.05) is 21.3 Å². The number of hydrogen-bond acceptors (Lipinski definition) is 4. The van der Waals surface area contributed by atoms with Crippen molar-refractivity contribution in [2.45, 2.75) is 51.1 Å². The van der Waals surface area contributed by atoms with E-state index < -0.39 is 0 Å². The fourth-order valence-electron chi connectivity index (χ4n) is 2.42. The minimum Gasteiger partial charge on any atom is -0.375 e. The van der Waals surface area contributed by atoms with E-state index in [1.165, 1.54) is 4.88 Å². The normalized spacial score (nSPS) is 30.3. The van der Waals surface area contributed by atoms with Gasteiger partial charge in [0.15, 0.2) is 0 Å². The Hall–Kier alpha value is 0.0600. The van der Waals surface area contributed by atoms with Crippen LogP contribution in [0.3, 0.4) is 0 Å². The van der Waals surface area contributed by atoms with E-state index in [2.05, 4.69) is 41.2 Å². The Kier molecular flexibility index (Phi) is 5.21. The molecule has 0 bridgehead atoms. The number of ether oxygens (including phenoxy) is 2. The van der Waals surface area contributed by atoms with Crippen molar-refractivity contribution >= 4 is 27.3 Å². The van der Waals surface area contributed by atoms with Gasteiger partial charge in [0.2, 0.25) is 0 Å². The summed E-state index contributed by atoms with van der Waals surface area (Å²) in [4.78, 5) is 1.19. The average Bonchev–Trinajstić information content (AvgIpc) is 2.71. The first-order valence-corrected chi connectivity index (χ1v) is 8.00. The van der Waals surface area contributed by atoms with Crippen molar-refractivity contribution in [2.75, 3.05) is 6.54 Å². The van der Waals surface area contributed by atoms with Crippen molar-refractivity contribution < 1.29 is 9.47 Å². The molecule has 0 spiro atoms. The summed E-state index contributed by atoms with van der Waals surface area (Å²) in [6.07, 6.45) is 2.70. The van der Waals surface area contributed by atoms with Gasteiger partial charge in [0.05, 0.1) is 18.3 Å². The smallest absolute Gasteiger partial charge is 0.104 e. The second kappa shape index (κ2) is 6.48. The lowest BCUT2D eigenvalue weighted by atomic mass is 10.0. The van der Waals surface area contributed by atoms with Gasteiger partial charge in [0.25, 0.3) is 0 Å². The summed E-state index contributed by atoms with van der Waals surface area (Å²) in [5.41, 5.74) is 5.84. The first-order chi connectivity index (χ1) is 8.58. The maximum Gasteiger partial charge on any atom is 0.104 e. The van der Waals surface area contributed by atoms with Crippen LogP contribution >= 0.6 is 27.3 Å². The fourth-order valence-corrected chi connectivity index (χ4v) is 3.92. The largest absolute Gasteiger partial charge is 0.375 e. The van der Waals surface area contributed by atoms with Crippen LogP contribution in [0.1, 0.15) is 37.7 Å². The zero-order valence-electron chi connectivity index (χ0n) is 10.8. The van der Waals surface area contributed by atoms with Crippen LogP contribution in [-0.4, -0.2) is 24.9 Å². The predicted molar refractivity (Wildman–Crippen MR) is 77.9 cm³/mol. The standard InChI is InChI=1S/C13H20BrNO2S/c1-8-3-11(4-9(2)16-8)17-12(6-15)13-5-10(14)7-18-13/h5,7-9,11-12H,3-4,6,15H2,1-2H3. The molecule has 1 aliphatic rings. The summed E-state index contributed by atoms with van der Waals surface area (Å²) in [6, 6.07) is 2.09. The molecular weight excluding hydrogens is 314 g/mol. The highest BCUT2D eigenvalue weighted by Crippen LogP contribution is 2.31. The molecule has 0 aliphatic carbocycles. The van der Waals surface area contributed by atoms with Crippen molar-refractivity contribution in [3.8, 4) is 0 Å². The van der Waals surface area contributed by atoms with Crippen LogP contribution in [-0.2, 0) is 9.47 Å². The molecule has 1 aromatic rings. The molecule has 0 radical (unpaired) electrons. The van der Waals surface area contributed by atoms with Gasteiger partial charge in [-0.25, -0.2) is 0 Å². The van der Waals surface area contributed by atoms with E-state index >= 15 is 0 Å². The number of thiophene rings is 1. The quantitative estimate of drug-likeness (QED) is 0.917. The second-order valence-electron chi connectivity index (χ2n) is 4.88. The fraction of sp³-hybridized carbons (Fsp3) is 0.692. The maximum absolute atomic E-state index is 6.17. The molecule has 3 atom stereocenters. The molecule has 0 aromatic carbocycles. The Morgan fingerprint density at radius 2 is 2.17 bits per heavy atom. The molecule has 5 heteroatoms. The Morgan fingerprint density at radius 3 is 2.67 bits per heavy atom. The molecule has 3 nitrogen and oxygen atoms in total. The highest BCUT2D eigenvalue weighted by Gasteiger charge is 2.27. The van der Waals surface area contributed by atoms with Crippen molar-refractivity contribution in [1.29, 1.82) is 0 Å².